The molecule has 0 atom stereocenters. The van der Waals surface area contributed by atoms with Crippen molar-refractivity contribution in [3.8, 4) is 16.9 Å². The number of hydrogen-bond donors (Lipinski definition) is 2. The second-order valence-electron chi connectivity index (χ2n) is 8.49. The molecule has 30 heavy (non-hydrogen) atoms. The van der Waals surface area contributed by atoms with Crippen molar-refractivity contribution in [3.05, 3.63) is 58.4 Å². The summed E-state index contributed by atoms with van der Waals surface area (Å²) in [5.41, 5.74) is 7.92. The minimum Gasteiger partial charge on any atom is -0.506 e. The summed E-state index contributed by atoms with van der Waals surface area (Å²) in [5, 5.41) is 11.4. The Kier molecular flexibility index (Phi) is 5.02. The van der Waals surface area contributed by atoms with Crippen molar-refractivity contribution in [2.24, 2.45) is 11.7 Å². The highest BCUT2D eigenvalue weighted by molar-refractivity contribution is 6.06. The van der Waals surface area contributed by atoms with Crippen LogP contribution in [0.15, 0.2) is 47.3 Å². The van der Waals surface area contributed by atoms with Crippen LogP contribution in [0.2, 0.25) is 0 Å². The number of pyridine rings is 1. The molecule has 3 aromatic rings. The maximum atomic E-state index is 12.9. The highest BCUT2D eigenvalue weighted by atomic mass is 16.3. The predicted molar refractivity (Wildman–Crippen MR) is 120 cm³/mol. The smallest absolute Gasteiger partial charge is 0.267 e. The summed E-state index contributed by atoms with van der Waals surface area (Å²) in [7, 11) is 2.09. The van der Waals surface area contributed by atoms with Crippen molar-refractivity contribution in [2.45, 2.75) is 39.3 Å². The first-order valence-corrected chi connectivity index (χ1v) is 10.3. The number of rotatable bonds is 6. The van der Waals surface area contributed by atoms with E-state index in [0.29, 0.717) is 23.5 Å². The lowest BCUT2D eigenvalue weighted by Crippen LogP contribution is -2.31. The van der Waals surface area contributed by atoms with Gasteiger partial charge in [-0.3, -0.25) is 9.59 Å². The van der Waals surface area contributed by atoms with Crippen LogP contribution in [0.25, 0.3) is 22.0 Å². The van der Waals surface area contributed by atoms with Crippen molar-refractivity contribution < 1.29 is 9.90 Å². The van der Waals surface area contributed by atoms with E-state index in [2.05, 4.69) is 24.1 Å². The fourth-order valence-electron chi connectivity index (χ4n) is 4.06. The number of anilines is 1. The molecule has 0 aliphatic heterocycles. The number of benzene rings is 2. The SMILES string of the molecule is CC(C)Cn1c(=O)c(C(N)=O)c(O)c2c(-c3cccc(N(C)C4CC4)c3)cccc21. The van der Waals surface area contributed by atoms with Crippen LogP contribution in [0.4, 0.5) is 5.69 Å². The second-order valence-corrected chi connectivity index (χ2v) is 8.49. The normalized spacial score (nSPS) is 13.7. The Hall–Kier alpha value is -3.28. The van der Waals surface area contributed by atoms with Crippen molar-refractivity contribution in [1.82, 2.24) is 4.57 Å². The lowest BCUT2D eigenvalue weighted by atomic mass is 9.97. The average Bonchev–Trinajstić information content (AvgIpc) is 3.55. The van der Waals surface area contributed by atoms with E-state index in [4.69, 9.17) is 5.73 Å². The number of nitrogens with zero attached hydrogens (tertiary/aromatic N) is 2. The van der Waals surface area contributed by atoms with Crippen molar-refractivity contribution >= 4 is 22.5 Å². The molecule has 156 valence electrons. The Bertz CT molecular complexity index is 1190. The molecule has 2 aromatic carbocycles. The zero-order chi connectivity index (χ0) is 21.6. The standard InChI is InChI=1S/C24H27N3O3/c1-14(2)13-27-19-9-5-8-18(20(19)22(28)21(23(25)29)24(27)30)15-6-4-7-17(12-15)26(3)16-10-11-16/h4-9,12,14,16,28H,10-11,13H2,1-3H3,(H2,25,29). The van der Waals surface area contributed by atoms with Crippen LogP contribution in [-0.4, -0.2) is 28.7 Å². The van der Waals surface area contributed by atoms with E-state index in [9.17, 15) is 14.7 Å². The Balaban J connectivity index is 2.00. The molecule has 1 fully saturated rings. The molecule has 6 heteroatoms. The summed E-state index contributed by atoms with van der Waals surface area (Å²) >= 11 is 0. The van der Waals surface area contributed by atoms with Gasteiger partial charge in [-0.1, -0.05) is 38.1 Å². The zero-order valence-corrected chi connectivity index (χ0v) is 17.6. The Morgan fingerprint density at radius 2 is 1.93 bits per heavy atom. The van der Waals surface area contributed by atoms with Crippen LogP contribution in [0, 0.1) is 5.92 Å². The van der Waals surface area contributed by atoms with Crippen LogP contribution in [0.3, 0.4) is 0 Å². The molecule has 6 nitrogen and oxygen atoms in total. The number of aromatic nitrogens is 1. The van der Waals surface area contributed by atoms with E-state index in [1.54, 1.807) is 10.6 Å². The lowest BCUT2D eigenvalue weighted by molar-refractivity contribution is 0.0996. The van der Waals surface area contributed by atoms with Gasteiger partial charge in [0.15, 0.2) is 0 Å². The summed E-state index contributed by atoms with van der Waals surface area (Å²) in [6.07, 6.45) is 2.39. The molecule has 0 radical (unpaired) electrons. The fourth-order valence-corrected chi connectivity index (χ4v) is 4.06. The molecule has 0 spiro atoms. The van der Waals surface area contributed by atoms with Gasteiger partial charge in [0.25, 0.3) is 11.5 Å². The van der Waals surface area contributed by atoms with Gasteiger partial charge >= 0.3 is 0 Å². The molecule has 3 N–H and O–H groups in total. The third-order valence-corrected chi connectivity index (χ3v) is 5.72. The highest BCUT2D eigenvalue weighted by Crippen LogP contribution is 2.38. The Morgan fingerprint density at radius 1 is 1.23 bits per heavy atom. The van der Waals surface area contributed by atoms with E-state index in [-0.39, 0.29) is 17.2 Å². The van der Waals surface area contributed by atoms with Crippen molar-refractivity contribution in [1.29, 1.82) is 0 Å². The quantitative estimate of drug-likeness (QED) is 0.654. The van der Waals surface area contributed by atoms with E-state index in [0.717, 1.165) is 16.8 Å². The van der Waals surface area contributed by atoms with E-state index >= 15 is 0 Å². The molecule has 1 aromatic heterocycles. The molecule has 1 aliphatic rings. The van der Waals surface area contributed by atoms with E-state index in [1.165, 1.54) is 12.8 Å². The number of nitrogens with two attached hydrogens (primary N) is 1. The molecule has 0 unspecified atom stereocenters. The molecule has 1 saturated carbocycles. The molecule has 0 saturated heterocycles. The summed E-state index contributed by atoms with van der Waals surface area (Å²) in [5.74, 6) is -1.09. The number of carbonyl (C=O) groups excluding carboxylic acids is 1. The zero-order valence-electron chi connectivity index (χ0n) is 17.6. The topological polar surface area (TPSA) is 88.6 Å². The van der Waals surface area contributed by atoms with Crippen LogP contribution >= 0.6 is 0 Å². The fraction of sp³-hybridized carbons (Fsp3) is 0.333. The largest absolute Gasteiger partial charge is 0.506 e. The van der Waals surface area contributed by atoms with Gasteiger partial charge in [-0.25, -0.2) is 0 Å². The van der Waals surface area contributed by atoms with Crippen LogP contribution in [0.5, 0.6) is 5.75 Å². The number of primary amides is 1. The monoisotopic (exact) mass is 405 g/mol. The molecule has 4 rings (SSSR count). The highest BCUT2D eigenvalue weighted by Gasteiger charge is 2.27. The minimum absolute atomic E-state index is 0.176. The molecule has 1 aliphatic carbocycles. The van der Waals surface area contributed by atoms with Gasteiger partial charge in [-0.05, 0) is 48.1 Å². The third kappa shape index (κ3) is 3.43. The second kappa shape index (κ2) is 7.52. The molecular formula is C24H27N3O3. The van der Waals surface area contributed by atoms with Crippen LogP contribution in [-0.2, 0) is 6.54 Å². The first-order chi connectivity index (χ1) is 14.3. The lowest BCUT2D eigenvalue weighted by Gasteiger charge is -2.21. The summed E-state index contributed by atoms with van der Waals surface area (Å²) in [4.78, 5) is 27.3. The van der Waals surface area contributed by atoms with E-state index < -0.39 is 11.5 Å². The van der Waals surface area contributed by atoms with Gasteiger partial charge in [-0.2, -0.15) is 0 Å². The van der Waals surface area contributed by atoms with Crippen molar-refractivity contribution in [3.63, 3.8) is 0 Å². The Morgan fingerprint density at radius 3 is 2.57 bits per heavy atom. The van der Waals surface area contributed by atoms with Gasteiger partial charge in [0.2, 0.25) is 0 Å². The molecule has 1 heterocycles. The number of carbonyl (C=O) groups is 1. The molecule has 0 bridgehead atoms. The first kappa shape index (κ1) is 20.0. The molecule has 1 amide bonds. The van der Waals surface area contributed by atoms with Gasteiger partial charge in [0.1, 0.15) is 11.3 Å². The van der Waals surface area contributed by atoms with Gasteiger partial charge in [0, 0.05) is 30.7 Å². The summed E-state index contributed by atoms with van der Waals surface area (Å²) in [6, 6.07) is 14.2. The number of hydrogen-bond acceptors (Lipinski definition) is 4. The average molecular weight is 405 g/mol. The van der Waals surface area contributed by atoms with Gasteiger partial charge < -0.3 is 20.3 Å². The third-order valence-electron chi connectivity index (χ3n) is 5.72. The first-order valence-electron chi connectivity index (χ1n) is 10.3. The maximum Gasteiger partial charge on any atom is 0.267 e. The number of fused-ring (bicyclic) bond motifs is 1. The van der Waals surface area contributed by atoms with Gasteiger partial charge in [-0.15, -0.1) is 0 Å². The number of aromatic hydroxyl groups is 1. The minimum atomic E-state index is -0.922. The van der Waals surface area contributed by atoms with Crippen molar-refractivity contribution in [2.75, 3.05) is 11.9 Å². The van der Waals surface area contributed by atoms with Gasteiger partial charge in [0.05, 0.1) is 5.52 Å². The summed E-state index contributed by atoms with van der Waals surface area (Å²) in [6.45, 7) is 4.41. The molecular weight excluding hydrogens is 378 g/mol. The van der Waals surface area contributed by atoms with Crippen LogP contribution in [0.1, 0.15) is 37.0 Å². The maximum absolute atomic E-state index is 12.9. The van der Waals surface area contributed by atoms with E-state index in [1.807, 2.05) is 38.1 Å². The van der Waals surface area contributed by atoms with Crippen LogP contribution < -0.4 is 16.2 Å². The number of amides is 1. The predicted octanol–water partition coefficient (Wildman–Crippen LogP) is 3.73. The Labute approximate surface area is 175 Å². The summed E-state index contributed by atoms with van der Waals surface area (Å²) < 4.78 is 1.55.